The highest BCUT2D eigenvalue weighted by Crippen LogP contribution is 2.14. The summed E-state index contributed by atoms with van der Waals surface area (Å²) in [5, 5.41) is 11.1. The lowest BCUT2D eigenvalue weighted by molar-refractivity contribution is 0.0792. The summed E-state index contributed by atoms with van der Waals surface area (Å²) in [6.45, 7) is 6.68. The Morgan fingerprint density at radius 2 is 2.13 bits per heavy atom. The van der Waals surface area contributed by atoms with Crippen LogP contribution in [0, 0.1) is 13.8 Å². The van der Waals surface area contributed by atoms with Crippen molar-refractivity contribution >= 4 is 17.2 Å². The Balaban J connectivity index is 1.82. The van der Waals surface area contributed by atoms with E-state index in [1.807, 2.05) is 26.8 Å². The number of hydrogen-bond donors (Lipinski definition) is 1. The molecule has 0 saturated heterocycles. The van der Waals surface area contributed by atoms with E-state index in [1.54, 1.807) is 21.6 Å². The minimum Gasteiger partial charge on any atom is -0.360 e. The van der Waals surface area contributed by atoms with Gasteiger partial charge in [0.25, 0.3) is 5.91 Å². The summed E-state index contributed by atoms with van der Waals surface area (Å²) in [5.74, 6) is -0.270. The molecular weight excluding hydrogens is 296 g/mol. The fraction of sp³-hybridized carbons (Fsp3) is 0.333. The number of fused-ring (bicyclic) bond motifs is 1. The molecule has 1 amide bonds. The predicted molar refractivity (Wildman–Crippen MR) is 84.3 cm³/mol. The molecule has 3 aromatic heterocycles. The van der Waals surface area contributed by atoms with E-state index >= 15 is 0 Å². The van der Waals surface area contributed by atoms with Gasteiger partial charge in [0.15, 0.2) is 5.65 Å². The average molecular weight is 314 g/mol. The highest BCUT2D eigenvalue weighted by molar-refractivity contribution is 6.08. The molecule has 1 N–H and O–H groups in total. The third-order valence-electron chi connectivity index (χ3n) is 3.34. The molecule has 0 aromatic carbocycles. The number of hydrogen-bond acceptors (Lipinski definition) is 5. The van der Waals surface area contributed by atoms with Crippen LogP contribution in [0.15, 0.2) is 24.7 Å². The van der Waals surface area contributed by atoms with E-state index < -0.39 is 0 Å². The SMILES string of the molecule is CCOCn1cc(NC(=O)c2cnn3c(C)cc(C)nc23)cn1. The monoisotopic (exact) mass is 314 g/mol. The minimum atomic E-state index is -0.270. The van der Waals surface area contributed by atoms with E-state index in [4.69, 9.17) is 4.74 Å². The van der Waals surface area contributed by atoms with Gasteiger partial charge in [-0.15, -0.1) is 0 Å². The van der Waals surface area contributed by atoms with Gasteiger partial charge in [0.05, 0.1) is 24.3 Å². The van der Waals surface area contributed by atoms with Crippen LogP contribution >= 0.6 is 0 Å². The molecule has 0 aliphatic rings. The van der Waals surface area contributed by atoms with Crippen molar-refractivity contribution in [3.05, 3.63) is 41.6 Å². The molecule has 3 heterocycles. The van der Waals surface area contributed by atoms with E-state index in [9.17, 15) is 4.79 Å². The summed E-state index contributed by atoms with van der Waals surface area (Å²) in [7, 11) is 0. The highest BCUT2D eigenvalue weighted by Gasteiger charge is 2.16. The molecule has 0 radical (unpaired) electrons. The maximum atomic E-state index is 12.5. The fourth-order valence-electron chi connectivity index (χ4n) is 2.31. The largest absolute Gasteiger partial charge is 0.360 e. The van der Waals surface area contributed by atoms with Crippen molar-refractivity contribution in [3.8, 4) is 0 Å². The van der Waals surface area contributed by atoms with E-state index in [0.29, 0.717) is 30.2 Å². The predicted octanol–water partition coefficient (Wildman–Crippen LogP) is 1.79. The van der Waals surface area contributed by atoms with Crippen molar-refractivity contribution in [3.63, 3.8) is 0 Å². The Hall–Kier alpha value is -2.74. The number of aromatic nitrogens is 5. The summed E-state index contributed by atoms with van der Waals surface area (Å²) in [6, 6.07) is 1.92. The van der Waals surface area contributed by atoms with Crippen LogP contribution in [0.2, 0.25) is 0 Å². The number of anilines is 1. The van der Waals surface area contributed by atoms with Crippen molar-refractivity contribution < 1.29 is 9.53 Å². The van der Waals surface area contributed by atoms with Crippen LogP contribution in [0.25, 0.3) is 5.65 Å². The zero-order chi connectivity index (χ0) is 16.4. The van der Waals surface area contributed by atoms with Gasteiger partial charge in [-0.2, -0.15) is 10.2 Å². The van der Waals surface area contributed by atoms with Crippen LogP contribution in [0.5, 0.6) is 0 Å². The van der Waals surface area contributed by atoms with Crippen molar-refractivity contribution in [2.45, 2.75) is 27.5 Å². The van der Waals surface area contributed by atoms with Crippen LogP contribution in [0.3, 0.4) is 0 Å². The fourth-order valence-corrected chi connectivity index (χ4v) is 2.31. The molecular formula is C15H18N6O2. The zero-order valence-corrected chi connectivity index (χ0v) is 13.3. The Morgan fingerprint density at radius 3 is 2.91 bits per heavy atom. The number of rotatable bonds is 5. The molecule has 0 spiro atoms. The minimum absolute atomic E-state index is 0.270. The Morgan fingerprint density at radius 1 is 1.30 bits per heavy atom. The van der Waals surface area contributed by atoms with E-state index in [-0.39, 0.29) is 5.91 Å². The molecule has 8 heteroatoms. The van der Waals surface area contributed by atoms with E-state index in [1.165, 1.54) is 6.20 Å². The number of aryl methyl sites for hydroxylation is 2. The quantitative estimate of drug-likeness (QED) is 0.776. The number of nitrogens with one attached hydrogen (secondary N) is 1. The van der Waals surface area contributed by atoms with Gasteiger partial charge < -0.3 is 10.1 Å². The van der Waals surface area contributed by atoms with Crippen molar-refractivity contribution in [1.29, 1.82) is 0 Å². The second-order valence-corrected chi connectivity index (χ2v) is 5.18. The summed E-state index contributed by atoms with van der Waals surface area (Å²) in [5.41, 5.74) is 3.33. The third-order valence-corrected chi connectivity index (χ3v) is 3.34. The number of amides is 1. The third kappa shape index (κ3) is 3.07. The van der Waals surface area contributed by atoms with Crippen molar-refractivity contribution in [2.24, 2.45) is 0 Å². The van der Waals surface area contributed by atoms with Gasteiger partial charge in [-0.3, -0.25) is 4.79 Å². The lowest BCUT2D eigenvalue weighted by Gasteiger charge is -2.03. The molecule has 0 unspecified atom stereocenters. The van der Waals surface area contributed by atoms with Crippen molar-refractivity contribution in [2.75, 3.05) is 11.9 Å². The lowest BCUT2D eigenvalue weighted by atomic mass is 10.3. The maximum Gasteiger partial charge on any atom is 0.261 e. The first kappa shape index (κ1) is 15.2. The van der Waals surface area contributed by atoms with E-state index in [0.717, 1.165) is 11.4 Å². The average Bonchev–Trinajstić information content (AvgIpc) is 3.11. The Bertz CT molecular complexity index is 851. The lowest BCUT2D eigenvalue weighted by Crippen LogP contribution is -2.12. The van der Waals surface area contributed by atoms with Crippen molar-refractivity contribution in [1.82, 2.24) is 24.4 Å². The van der Waals surface area contributed by atoms with Crippen LogP contribution in [0.4, 0.5) is 5.69 Å². The molecule has 23 heavy (non-hydrogen) atoms. The normalized spacial score (nSPS) is 11.1. The standard InChI is InChI=1S/C15H18N6O2/c1-4-23-9-20-8-12(6-16-20)19-15(22)13-7-17-21-11(3)5-10(2)18-14(13)21/h5-8H,4,9H2,1-3H3,(H,19,22). The van der Waals surface area contributed by atoms with Crippen LogP contribution < -0.4 is 5.32 Å². The summed E-state index contributed by atoms with van der Waals surface area (Å²) >= 11 is 0. The first-order valence-electron chi connectivity index (χ1n) is 7.32. The smallest absolute Gasteiger partial charge is 0.261 e. The number of carbonyl (C=O) groups is 1. The Kier molecular flexibility index (Phi) is 4.07. The van der Waals surface area contributed by atoms with Gasteiger partial charge >= 0.3 is 0 Å². The summed E-state index contributed by atoms with van der Waals surface area (Å²) < 4.78 is 8.52. The van der Waals surface area contributed by atoms with Gasteiger partial charge in [0.1, 0.15) is 12.3 Å². The van der Waals surface area contributed by atoms with Gasteiger partial charge in [0.2, 0.25) is 0 Å². The molecule has 120 valence electrons. The first-order valence-corrected chi connectivity index (χ1v) is 7.32. The molecule has 0 atom stereocenters. The second-order valence-electron chi connectivity index (χ2n) is 5.18. The highest BCUT2D eigenvalue weighted by atomic mass is 16.5. The molecule has 0 aliphatic carbocycles. The second kappa shape index (κ2) is 6.17. The first-order chi connectivity index (χ1) is 11.1. The number of ether oxygens (including phenoxy) is 1. The molecule has 3 aromatic rings. The summed E-state index contributed by atoms with van der Waals surface area (Å²) in [6.07, 6.45) is 4.81. The molecule has 0 aliphatic heterocycles. The molecule has 0 fully saturated rings. The summed E-state index contributed by atoms with van der Waals surface area (Å²) in [4.78, 5) is 16.9. The van der Waals surface area contributed by atoms with Crippen LogP contribution in [0.1, 0.15) is 28.7 Å². The van der Waals surface area contributed by atoms with Crippen LogP contribution in [-0.4, -0.2) is 36.9 Å². The van der Waals surface area contributed by atoms with Gasteiger partial charge in [-0.05, 0) is 26.8 Å². The van der Waals surface area contributed by atoms with Gasteiger partial charge in [-0.1, -0.05) is 0 Å². The Labute approximate surface area is 133 Å². The van der Waals surface area contributed by atoms with E-state index in [2.05, 4.69) is 20.5 Å². The molecule has 3 rings (SSSR count). The topological polar surface area (TPSA) is 86.3 Å². The van der Waals surface area contributed by atoms with Crippen LogP contribution in [-0.2, 0) is 11.5 Å². The molecule has 0 saturated carbocycles. The molecule has 0 bridgehead atoms. The number of carbonyl (C=O) groups excluding carboxylic acids is 1. The number of nitrogens with zero attached hydrogens (tertiary/aromatic N) is 5. The zero-order valence-electron chi connectivity index (χ0n) is 13.3. The van der Waals surface area contributed by atoms with Gasteiger partial charge in [0, 0.05) is 18.0 Å². The molecule has 8 nitrogen and oxygen atoms in total. The van der Waals surface area contributed by atoms with Gasteiger partial charge in [-0.25, -0.2) is 14.2 Å². The maximum absolute atomic E-state index is 12.5.